The summed E-state index contributed by atoms with van der Waals surface area (Å²) in [6.07, 6.45) is -0.563. The SMILES string of the molecule is COc1ccc(C(OCC2OC(n3cnc4c(N=CN(C)C)nc(NC(=O)C(C)C)nc43)C(OC)C2O)(c2ccccc2)c2ccc(OC)cc2)cc1. The van der Waals surface area contributed by atoms with Crippen LogP contribution < -0.4 is 14.8 Å². The molecule has 2 N–H and O–H groups in total. The maximum absolute atomic E-state index is 12.6. The number of hydrogen-bond donors (Lipinski definition) is 2. The quantitative estimate of drug-likeness (QED) is 0.0910. The Morgan fingerprint density at radius 2 is 1.57 bits per heavy atom. The molecule has 1 saturated heterocycles. The Kier molecular flexibility index (Phi) is 11.3. The van der Waals surface area contributed by atoms with E-state index in [0.29, 0.717) is 22.7 Å². The molecular formula is C39H45N7O7. The number of anilines is 1. The Hall–Kier alpha value is -5.41. The van der Waals surface area contributed by atoms with Crippen LogP contribution in [0.4, 0.5) is 11.8 Å². The highest BCUT2D eigenvalue weighted by atomic mass is 16.6. The number of aliphatic hydroxyl groups excluding tert-OH is 1. The fourth-order valence-corrected chi connectivity index (χ4v) is 6.27. The molecule has 1 amide bonds. The van der Waals surface area contributed by atoms with Crippen LogP contribution in [0.3, 0.4) is 0 Å². The molecule has 3 heterocycles. The first-order valence-electron chi connectivity index (χ1n) is 17.2. The average molecular weight is 724 g/mol. The summed E-state index contributed by atoms with van der Waals surface area (Å²) in [4.78, 5) is 32.6. The number of methoxy groups -OCH3 is 3. The van der Waals surface area contributed by atoms with Crippen molar-refractivity contribution in [1.29, 1.82) is 0 Å². The van der Waals surface area contributed by atoms with Crippen molar-refractivity contribution < 1.29 is 33.6 Å². The Labute approximate surface area is 308 Å². The van der Waals surface area contributed by atoms with Crippen molar-refractivity contribution >= 4 is 35.2 Å². The van der Waals surface area contributed by atoms with Crippen LogP contribution in [-0.4, -0.2) is 102 Å². The van der Waals surface area contributed by atoms with Gasteiger partial charge in [0.1, 0.15) is 35.4 Å². The van der Waals surface area contributed by atoms with E-state index in [9.17, 15) is 9.90 Å². The number of imidazole rings is 1. The zero-order chi connectivity index (χ0) is 37.7. The van der Waals surface area contributed by atoms with E-state index in [2.05, 4.69) is 25.3 Å². The normalized spacial score (nSPS) is 18.9. The van der Waals surface area contributed by atoms with Gasteiger partial charge in [0, 0.05) is 27.1 Å². The number of nitrogens with zero attached hydrogens (tertiary/aromatic N) is 6. The van der Waals surface area contributed by atoms with Gasteiger partial charge in [-0.05, 0) is 41.0 Å². The molecule has 14 nitrogen and oxygen atoms in total. The Morgan fingerprint density at radius 1 is 0.962 bits per heavy atom. The molecule has 1 aliphatic heterocycles. The van der Waals surface area contributed by atoms with E-state index in [1.807, 2.05) is 93.0 Å². The van der Waals surface area contributed by atoms with Gasteiger partial charge in [0.05, 0.1) is 33.5 Å². The molecule has 3 aromatic carbocycles. The first-order chi connectivity index (χ1) is 25.6. The van der Waals surface area contributed by atoms with Crippen LogP contribution in [0.5, 0.6) is 11.5 Å². The van der Waals surface area contributed by atoms with Crippen molar-refractivity contribution in [3.05, 3.63) is 102 Å². The van der Waals surface area contributed by atoms with Crippen molar-refractivity contribution in [2.75, 3.05) is 47.3 Å². The molecule has 1 aliphatic rings. The predicted octanol–water partition coefficient (Wildman–Crippen LogP) is 4.94. The van der Waals surface area contributed by atoms with Crippen molar-refractivity contribution in [1.82, 2.24) is 24.4 Å². The van der Waals surface area contributed by atoms with Crippen LogP contribution in [0.2, 0.25) is 0 Å². The second-order valence-corrected chi connectivity index (χ2v) is 13.1. The summed E-state index contributed by atoms with van der Waals surface area (Å²) in [5, 5.41) is 14.5. The Morgan fingerprint density at radius 3 is 2.11 bits per heavy atom. The van der Waals surface area contributed by atoms with Crippen LogP contribution in [0, 0.1) is 5.92 Å². The van der Waals surface area contributed by atoms with E-state index >= 15 is 0 Å². The van der Waals surface area contributed by atoms with Crippen LogP contribution in [0.15, 0.2) is 90.2 Å². The van der Waals surface area contributed by atoms with E-state index in [0.717, 1.165) is 16.7 Å². The molecule has 6 rings (SSSR count). The summed E-state index contributed by atoms with van der Waals surface area (Å²) in [6.45, 7) is 3.51. The van der Waals surface area contributed by atoms with Gasteiger partial charge in [0.2, 0.25) is 11.9 Å². The van der Waals surface area contributed by atoms with Crippen molar-refractivity contribution in [3.8, 4) is 11.5 Å². The number of nitrogens with one attached hydrogen (secondary N) is 1. The second kappa shape index (κ2) is 16.1. The zero-order valence-electron chi connectivity index (χ0n) is 30.8. The van der Waals surface area contributed by atoms with Crippen molar-refractivity contribution in [2.45, 2.75) is 44.0 Å². The number of carbonyl (C=O) groups is 1. The standard InChI is InChI=1S/C39H45N7O7/c1-24(2)36(48)44-38-42-34(41-22-45(3)4)31-35(43-38)46(23-40-31)37-33(51-7)32(47)30(53-37)21-52-39(25-11-9-8-10-12-25,26-13-17-28(49-5)18-14-26)27-15-19-29(50-6)20-16-27/h8-20,22-24,30,32-33,37,47H,21H2,1-7H3,(H,42,43,44,48). The van der Waals surface area contributed by atoms with Crippen LogP contribution in [0.25, 0.3) is 11.2 Å². The molecule has 4 atom stereocenters. The lowest BCUT2D eigenvalue weighted by molar-refractivity contribution is -0.118. The molecule has 0 saturated carbocycles. The van der Waals surface area contributed by atoms with E-state index in [4.69, 9.17) is 23.7 Å². The molecule has 0 aliphatic carbocycles. The molecule has 1 fully saturated rings. The van der Waals surface area contributed by atoms with E-state index in [1.165, 1.54) is 13.4 Å². The minimum atomic E-state index is -1.14. The molecule has 0 spiro atoms. The number of ether oxygens (including phenoxy) is 5. The molecule has 0 radical (unpaired) electrons. The number of fused-ring (bicyclic) bond motifs is 1. The van der Waals surface area contributed by atoms with Gasteiger partial charge in [0.15, 0.2) is 23.2 Å². The first-order valence-corrected chi connectivity index (χ1v) is 17.2. The number of aromatic nitrogens is 4. The van der Waals surface area contributed by atoms with Gasteiger partial charge >= 0.3 is 0 Å². The summed E-state index contributed by atoms with van der Waals surface area (Å²) in [6, 6.07) is 25.3. The molecule has 5 aromatic rings. The van der Waals surface area contributed by atoms with Crippen LogP contribution in [0.1, 0.15) is 36.8 Å². The van der Waals surface area contributed by atoms with Gasteiger partial charge in [-0.15, -0.1) is 0 Å². The summed E-state index contributed by atoms with van der Waals surface area (Å²) < 4.78 is 32.1. The fourth-order valence-electron chi connectivity index (χ4n) is 6.27. The number of aliphatic imine (C=N–C) groups is 1. The number of carbonyl (C=O) groups excluding carboxylic acids is 1. The lowest BCUT2D eigenvalue weighted by Gasteiger charge is -2.37. The summed E-state index contributed by atoms with van der Waals surface area (Å²) in [7, 11) is 8.41. The zero-order valence-corrected chi connectivity index (χ0v) is 30.8. The highest BCUT2D eigenvalue weighted by molar-refractivity contribution is 5.92. The van der Waals surface area contributed by atoms with Crippen LogP contribution >= 0.6 is 0 Å². The molecule has 4 unspecified atom stereocenters. The maximum atomic E-state index is 12.6. The van der Waals surface area contributed by atoms with Crippen LogP contribution in [-0.2, 0) is 24.6 Å². The highest BCUT2D eigenvalue weighted by Crippen LogP contribution is 2.43. The molecular weight excluding hydrogens is 678 g/mol. The summed E-state index contributed by atoms with van der Waals surface area (Å²) in [5.41, 5.74) is 2.10. The molecule has 0 bridgehead atoms. The Balaban J connectivity index is 1.39. The lowest BCUT2D eigenvalue weighted by Crippen LogP contribution is -2.40. The van der Waals surface area contributed by atoms with Gasteiger partial charge in [-0.2, -0.15) is 9.97 Å². The topological polar surface area (TPSA) is 155 Å². The average Bonchev–Trinajstić information content (AvgIpc) is 3.74. The third kappa shape index (κ3) is 7.57. The third-order valence-electron chi connectivity index (χ3n) is 9.07. The number of benzene rings is 3. The van der Waals surface area contributed by atoms with Gasteiger partial charge in [-0.1, -0.05) is 68.4 Å². The van der Waals surface area contributed by atoms with Crippen molar-refractivity contribution in [3.63, 3.8) is 0 Å². The highest BCUT2D eigenvalue weighted by Gasteiger charge is 2.48. The van der Waals surface area contributed by atoms with E-state index < -0.39 is 30.1 Å². The van der Waals surface area contributed by atoms with E-state index in [-0.39, 0.29) is 30.2 Å². The number of amides is 1. The number of hydrogen-bond acceptors (Lipinski definition) is 11. The Bertz CT molecular complexity index is 1970. The van der Waals surface area contributed by atoms with Gasteiger partial charge < -0.3 is 33.7 Å². The monoisotopic (exact) mass is 723 g/mol. The minimum absolute atomic E-state index is 0.0415. The van der Waals surface area contributed by atoms with Gasteiger partial charge in [-0.25, -0.2) is 9.98 Å². The molecule has 2 aromatic heterocycles. The maximum Gasteiger partial charge on any atom is 0.233 e. The second-order valence-electron chi connectivity index (χ2n) is 13.1. The molecule has 278 valence electrons. The first kappa shape index (κ1) is 37.4. The fraction of sp³-hybridized carbons (Fsp3) is 0.359. The summed E-state index contributed by atoms with van der Waals surface area (Å²) >= 11 is 0. The molecule has 14 heteroatoms. The predicted molar refractivity (Wildman–Crippen MR) is 200 cm³/mol. The van der Waals surface area contributed by atoms with E-state index in [1.54, 1.807) is 43.9 Å². The number of aliphatic hydroxyl groups is 1. The van der Waals surface area contributed by atoms with Gasteiger partial charge in [-0.3, -0.25) is 14.7 Å². The number of rotatable bonds is 14. The largest absolute Gasteiger partial charge is 0.497 e. The third-order valence-corrected chi connectivity index (χ3v) is 9.07. The van der Waals surface area contributed by atoms with Crippen molar-refractivity contribution in [2.24, 2.45) is 10.9 Å². The summed E-state index contributed by atoms with van der Waals surface area (Å²) in [5.74, 6) is 1.14. The van der Waals surface area contributed by atoms with Gasteiger partial charge in [0.25, 0.3) is 0 Å². The lowest BCUT2D eigenvalue weighted by atomic mass is 9.80. The molecule has 53 heavy (non-hydrogen) atoms. The minimum Gasteiger partial charge on any atom is -0.497 e. The smallest absolute Gasteiger partial charge is 0.233 e.